The van der Waals surface area contributed by atoms with Crippen molar-refractivity contribution in [2.45, 2.75) is 32.3 Å². The van der Waals surface area contributed by atoms with Crippen LogP contribution >= 0.6 is 0 Å². The fraction of sp³-hybridized carbons (Fsp3) is 0.318. The van der Waals surface area contributed by atoms with Crippen molar-refractivity contribution in [1.82, 2.24) is 15.0 Å². The summed E-state index contributed by atoms with van der Waals surface area (Å²) in [6.07, 6.45) is 5.98. The number of nitriles is 1. The number of fused-ring (bicyclic) bond motifs is 1. The topological polar surface area (TPSA) is 138 Å². The molecule has 0 radical (unpaired) electrons. The van der Waals surface area contributed by atoms with Crippen LogP contribution in [0.4, 0.5) is 11.6 Å². The summed E-state index contributed by atoms with van der Waals surface area (Å²) in [5, 5.41) is 23.4. The Balaban J connectivity index is 1.70. The lowest BCUT2D eigenvalue weighted by Crippen LogP contribution is -2.22. The van der Waals surface area contributed by atoms with Gasteiger partial charge in [0.05, 0.1) is 29.2 Å². The van der Waals surface area contributed by atoms with Crippen molar-refractivity contribution < 1.29 is 9.90 Å². The molecule has 3 heterocycles. The van der Waals surface area contributed by atoms with Gasteiger partial charge in [-0.3, -0.25) is 9.78 Å². The van der Waals surface area contributed by atoms with E-state index < -0.39 is 5.60 Å². The standard InChI is InChI=1S/C22H22N6O2/c1-22(2,30)8-12-3-4-25-10-16(12)18-6-13-7-19(26-11-17(13)20(24)27-18)28-21(29)15-5-14(15)9-23/h3-4,6-7,10-11,14-15,30H,5,8H2,1-2H3,(H2,24,27)(H,26,28,29)/t14-,15+/m0/s1. The first-order valence-electron chi connectivity index (χ1n) is 9.67. The highest BCUT2D eigenvalue weighted by Gasteiger charge is 2.43. The number of carbonyl (C=O) groups is 1. The van der Waals surface area contributed by atoms with Crippen molar-refractivity contribution in [3.8, 4) is 17.3 Å². The maximum absolute atomic E-state index is 12.2. The van der Waals surface area contributed by atoms with Gasteiger partial charge in [0.2, 0.25) is 5.91 Å². The van der Waals surface area contributed by atoms with E-state index in [0.717, 1.165) is 16.5 Å². The molecular formula is C22H22N6O2. The molecule has 4 N–H and O–H groups in total. The Morgan fingerprint density at radius 1 is 1.40 bits per heavy atom. The first-order valence-corrected chi connectivity index (χ1v) is 9.67. The Morgan fingerprint density at radius 2 is 2.20 bits per heavy atom. The number of hydrogen-bond acceptors (Lipinski definition) is 7. The monoisotopic (exact) mass is 402 g/mol. The van der Waals surface area contributed by atoms with Crippen LogP contribution in [0, 0.1) is 23.2 Å². The molecule has 8 heteroatoms. The normalized spacial score (nSPS) is 18.1. The molecule has 1 aliphatic carbocycles. The summed E-state index contributed by atoms with van der Waals surface area (Å²) < 4.78 is 0. The second kappa shape index (κ2) is 7.35. The van der Waals surface area contributed by atoms with E-state index in [1.54, 1.807) is 38.5 Å². The van der Waals surface area contributed by atoms with E-state index in [1.165, 1.54) is 0 Å². The van der Waals surface area contributed by atoms with Crippen LogP contribution in [0.2, 0.25) is 0 Å². The number of anilines is 2. The first-order chi connectivity index (χ1) is 14.2. The zero-order valence-corrected chi connectivity index (χ0v) is 16.8. The largest absolute Gasteiger partial charge is 0.390 e. The van der Waals surface area contributed by atoms with Crippen LogP contribution in [0.5, 0.6) is 0 Å². The molecule has 152 valence electrons. The number of carbonyl (C=O) groups excluding carboxylic acids is 1. The van der Waals surface area contributed by atoms with Crippen molar-refractivity contribution in [3.63, 3.8) is 0 Å². The van der Waals surface area contributed by atoms with Crippen LogP contribution in [-0.4, -0.2) is 31.6 Å². The summed E-state index contributed by atoms with van der Waals surface area (Å²) in [4.78, 5) is 25.2. The second-order valence-corrected chi connectivity index (χ2v) is 8.27. The Morgan fingerprint density at radius 3 is 2.90 bits per heavy atom. The molecule has 2 atom stereocenters. The van der Waals surface area contributed by atoms with Gasteiger partial charge in [0.1, 0.15) is 11.6 Å². The van der Waals surface area contributed by atoms with E-state index in [4.69, 9.17) is 11.0 Å². The summed E-state index contributed by atoms with van der Waals surface area (Å²) in [6.45, 7) is 3.49. The molecule has 3 aromatic heterocycles. The number of pyridine rings is 3. The summed E-state index contributed by atoms with van der Waals surface area (Å²) in [5.41, 5.74) is 7.60. The molecule has 0 aliphatic heterocycles. The number of aromatic nitrogens is 3. The van der Waals surface area contributed by atoms with Gasteiger partial charge in [-0.25, -0.2) is 9.97 Å². The molecule has 1 aliphatic rings. The third-order valence-corrected chi connectivity index (χ3v) is 5.10. The summed E-state index contributed by atoms with van der Waals surface area (Å²) in [5.74, 6) is 0.0330. The zero-order valence-electron chi connectivity index (χ0n) is 16.8. The zero-order chi connectivity index (χ0) is 21.5. The predicted molar refractivity (Wildman–Crippen MR) is 113 cm³/mol. The maximum Gasteiger partial charge on any atom is 0.230 e. The van der Waals surface area contributed by atoms with Gasteiger partial charge < -0.3 is 16.2 Å². The second-order valence-electron chi connectivity index (χ2n) is 8.27. The molecule has 1 saturated carbocycles. The molecule has 1 amide bonds. The van der Waals surface area contributed by atoms with Crippen molar-refractivity contribution in [2.75, 3.05) is 11.1 Å². The van der Waals surface area contributed by atoms with E-state index in [9.17, 15) is 9.90 Å². The van der Waals surface area contributed by atoms with Gasteiger partial charge in [-0.05, 0) is 49.4 Å². The fourth-order valence-corrected chi connectivity index (χ4v) is 3.50. The highest BCUT2D eigenvalue weighted by Crippen LogP contribution is 2.38. The van der Waals surface area contributed by atoms with Crippen LogP contribution in [0.1, 0.15) is 25.8 Å². The molecule has 0 unspecified atom stereocenters. The van der Waals surface area contributed by atoms with Crippen LogP contribution < -0.4 is 11.1 Å². The Bertz CT molecular complexity index is 1180. The van der Waals surface area contributed by atoms with Gasteiger partial charge in [-0.1, -0.05) is 0 Å². The van der Waals surface area contributed by atoms with Crippen molar-refractivity contribution in [3.05, 3.63) is 42.4 Å². The Labute approximate surface area is 173 Å². The van der Waals surface area contributed by atoms with E-state index in [2.05, 4.69) is 26.3 Å². The first kappa shape index (κ1) is 19.7. The van der Waals surface area contributed by atoms with E-state index in [1.807, 2.05) is 12.1 Å². The van der Waals surface area contributed by atoms with Gasteiger partial charge >= 0.3 is 0 Å². The number of nitrogens with one attached hydrogen (secondary N) is 1. The molecule has 3 aromatic rings. The van der Waals surface area contributed by atoms with Gasteiger partial charge in [0.25, 0.3) is 0 Å². The third kappa shape index (κ3) is 4.07. The highest BCUT2D eigenvalue weighted by atomic mass is 16.3. The quantitative estimate of drug-likeness (QED) is 0.596. The Kier molecular flexibility index (Phi) is 4.84. The van der Waals surface area contributed by atoms with E-state index in [-0.39, 0.29) is 17.7 Å². The highest BCUT2D eigenvalue weighted by molar-refractivity contribution is 5.98. The molecule has 4 rings (SSSR count). The lowest BCUT2D eigenvalue weighted by atomic mass is 9.94. The molecule has 0 aromatic carbocycles. The number of rotatable bonds is 5. The lowest BCUT2D eigenvalue weighted by Gasteiger charge is -2.19. The molecule has 0 saturated heterocycles. The van der Waals surface area contributed by atoms with Crippen molar-refractivity contribution in [2.24, 2.45) is 11.8 Å². The maximum atomic E-state index is 12.2. The van der Waals surface area contributed by atoms with Gasteiger partial charge in [0, 0.05) is 36.0 Å². The summed E-state index contributed by atoms with van der Waals surface area (Å²) in [6, 6.07) is 7.57. The van der Waals surface area contributed by atoms with Crippen molar-refractivity contribution in [1.29, 1.82) is 5.26 Å². The van der Waals surface area contributed by atoms with Crippen LogP contribution in [0.25, 0.3) is 22.0 Å². The molecule has 0 bridgehead atoms. The summed E-state index contributed by atoms with van der Waals surface area (Å²) in [7, 11) is 0. The number of amides is 1. The van der Waals surface area contributed by atoms with Crippen LogP contribution in [0.15, 0.2) is 36.8 Å². The smallest absolute Gasteiger partial charge is 0.230 e. The summed E-state index contributed by atoms with van der Waals surface area (Å²) >= 11 is 0. The van der Waals surface area contributed by atoms with Crippen LogP contribution in [-0.2, 0) is 11.2 Å². The molecule has 0 spiro atoms. The molecule has 8 nitrogen and oxygen atoms in total. The third-order valence-electron chi connectivity index (χ3n) is 5.10. The van der Waals surface area contributed by atoms with Gasteiger partial charge in [-0.15, -0.1) is 0 Å². The minimum absolute atomic E-state index is 0.199. The predicted octanol–water partition coefficient (Wildman–Crippen LogP) is 2.69. The number of nitrogens with two attached hydrogens (primary N) is 1. The molecule has 30 heavy (non-hydrogen) atoms. The Hall–Kier alpha value is -3.57. The van der Waals surface area contributed by atoms with Gasteiger partial charge in [0.15, 0.2) is 0 Å². The van der Waals surface area contributed by atoms with Crippen LogP contribution in [0.3, 0.4) is 0 Å². The fourth-order valence-electron chi connectivity index (χ4n) is 3.50. The van der Waals surface area contributed by atoms with Crippen molar-refractivity contribution >= 4 is 28.3 Å². The number of nitrogens with zero attached hydrogens (tertiary/aromatic N) is 4. The van der Waals surface area contributed by atoms with E-state index >= 15 is 0 Å². The molecular weight excluding hydrogens is 380 g/mol. The van der Waals surface area contributed by atoms with E-state index in [0.29, 0.717) is 35.6 Å². The SMILES string of the molecule is CC(C)(O)Cc1ccncc1-c1cc2cc(NC(=O)[C@@H]3C[C@H]3C#N)ncc2c(N)n1. The molecule has 1 fully saturated rings. The lowest BCUT2D eigenvalue weighted by molar-refractivity contribution is -0.117. The number of hydrogen-bond donors (Lipinski definition) is 3. The average molecular weight is 402 g/mol. The minimum atomic E-state index is -0.885. The number of aliphatic hydroxyl groups is 1. The number of nitrogen functional groups attached to an aromatic ring is 1. The van der Waals surface area contributed by atoms with Gasteiger partial charge in [-0.2, -0.15) is 5.26 Å². The average Bonchev–Trinajstić information content (AvgIpc) is 3.47. The minimum Gasteiger partial charge on any atom is -0.390 e.